The van der Waals surface area contributed by atoms with Crippen LogP contribution in [0.3, 0.4) is 0 Å². The molecule has 0 saturated heterocycles. The molecule has 1 rings (SSSR count). The summed E-state index contributed by atoms with van der Waals surface area (Å²) < 4.78 is 5.32. The Kier molecular flexibility index (Phi) is 3.35. The van der Waals surface area contributed by atoms with Crippen molar-refractivity contribution >= 4 is 5.97 Å². The van der Waals surface area contributed by atoms with Crippen LogP contribution in [-0.4, -0.2) is 11.6 Å². The third-order valence-corrected chi connectivity index (χ3v) is 2.87. The van der Waals surface area contributed by atoms with Crippen molar-refractivity contribution in [2.24, 2.45) is 5.92 Å². The molecular weight excluding hydrogens is 176 g/mol. The van der Waals surface area contributed by atoms with E-state index in [-0.39, 0.29) is 11.6 Å². The summed E-state index contributed by atoms with van der Waals surface area (Å²) in [6, 6.07) is 0. The van der Waals surface area contributed by atoms with Gasteiger partial charge in [0.1, 0.15) is 5.60 Å². The molecule has 0 aromatic heterocycles. The molecule has 80 valence electrons. The van der Waals surface area contributed by atoms with Gasteiger partial charge in [-0.25, -0.2) is 0 Å². The normalized spacial score (nSPS) is 27.4. The standard InChI is InChI=1S/C12H20O2/c1-9(2)11-5-7-12(4,8-6-11)14-10(3)13/h5,9H,6-8H2,1-4H3. The van der Waals surface area contributed by atoms with E-state index < -0.39 is 0 Å². The second kappa shape index (κ2) is 4.16. The Labute approximate surface area is 86.3 Å². The highest BCUT2D eigenvalue weighted by molar-refractivity contribution is 5.66. The SMILES string of the molecule is CC(=O)OC1(C)CC=C(C(C)C)CC1. The quantitative estimate of drug-likeness (QED) is 0.501. The lowest BCUT2D eigenvalue weighted by Crippen LogP contribution is -2.32. The maximum Gasteiger partial charge on any atom is 0.303 e. The molecule has 0 aromatic carbocycles. The summed E-state index contributed by atoms with van der Waals surface area (Å²) in [5.74, 6) is 0.450. The predicted molar refractivity (Wildman–Crippen MR) is 56.9 cm³/mol. The minimum Gasteiger partial charge on any atom is -0.459 e. The molecule has 0 fully saturated rings. The highest BCUT2D eigenvalue weighted by Crippen LogP contribution is 2.33. The number of hydrogen-bond donors (Lipinski definition) is 0. The Balaban J connectivity index is 2.60. The molecule has 0 saturated carbocycles. The first-order chi connectivity index (χ1) is 6.43. The fourth-order valence-electron chi connectivity index (χ4n) is 1.92. The van der Waals surface area contributed by atoms with Gasteiger partial charge in [0, 0.05) is 13.3 Å². The van der Waals surface area contributed by atoms with Crippen molar-refractivity contribution in [1.29, 1.82) is 0 Å². The Morgan fingerprint density at radius 2 is 2.21 bits per heavy atom. The van der Waals surface area contributed by atoms with Crippen LogP contribution < -0.4 is 0 Å². The summed E-state index contributed by atoms with van der Waals surface area (Å²) in [6.45, 7) is 7.91. The molecule has 1 aliphatic carbocycles. The summed E-state index contributed by atoms with van der Waals surface area (Å²) in [4.78, 5) is 10.9. The maximum absolute atomic E-state index is 10.9. The van der Waals surface area contributed by atoms with Gasteiger partial charge in [-0.1, -0.05) is 25.5 Å². The lowest BCUT2D eigenvalue weighted by molar-refractivity contribution is -0.156. The lowest BCUT2D eigenvalue weighted by atomic mass is 9.83. The van der Waals surface area contributed by atoms with Crippen LogP contribution in [0.25, 0.3) is 0 Å². The topological polar surface area (TPSA) is 26.3 Å². The average Bonchev–Trinajstić information content (AvgIpc) is 2.02. The van der Waals surface area contributed by atoms with Crippen molar-refractivity contribution in [2.45, 2.75) is 52.6 Å². The molecule has 14 heavy (non-hydrogen) atoms. The van der Waals surface area contributed by atoms with Crippen LogP contribution in [0.5, 0.6) is 0 Å². The third-order valence-electron chi connectivity index (χ3n) is 2.87. The number of esters is 1. The van der Waals surface area contributed by atoms with Crippen molar-refractivity contribution in [3.8, 4) is 0 Å². The zero-order valence-electron chi connectivity index (χ0n) is 9.59. The number of ether oxygens (including phenoxy) is 1. The van der Waals surface area contributed by atoms with Gasteiger partial charge in [-0.05, 0) is 25.7 Å². The summed E-state index contributed by atoms with van der Waals surface area (Å²) in [5, 5.41) is 0. The first kappa shape index (κ1) is 11.3. The van der Waals surface area contributed by atoms with E-state index in [1.165, 1.54) is 12.5 Å². The van der Waals surface area contributed by atoms with E-state index in [1.54, 1.807) is 0 Å². The number of carbonyl (C=O) groups is 1. The summed E-state index contributed by atoms with van der Waals surface area (Å²) in [7, 11) is 0. The van der Waals surface area contributed by atoms with Crippen LogP contribution in [0, 0.1) is 5.92 Å². The molecule has 0 bridgehead atoms. The van der Waals surface area contributed by atoms with E-state index in [4.69, 9.17) is 4.74 Å². The highest BCUT2D eigenvalue weighted by Gasteiger charge is 2.30. The van der Waals surface area contributed by atoms with Crippen LogP contribution in [0.2, 0.25) is 0 Å². The lowest BCUT2D eigenvalue weighted by Gasteiger charge is -2.33. The molecule has 0 aromatic rings. The van der Waals surface area contributed by atoms with Gasteiger partial charge in [0.05, 0.1) is 0 Å². The number of hydrogen-bond acceptors (Lipinski definition) is 2. The molecule has 2 nitrogen and oxygen atoms in total. The van der Waals surface area contributed by atoms with Gasteiger partial charge in [-0.3, -0.25) is 4.79 Å². The molecule has 1 atom stereocenters. The summed E-state index contributed by atoms with van der Waals surface area (Å²) in [5.41, 5.74) is 1.24. The Morgan fingerprint density at radius 3 is 2.57 bits per heavy atom. The summed E-state index contributed by atoms with van der Waals surface area (Å²) >= 11 is 0. The molecule has 2 heteroatoms. The second-order valence-electron chi connectivity index (χ2n) is 4.68. The van der Waals surface area contributed by atoms with Gasteiger partial charge in [0.15, 0.2) is 0 Å². The van der Waals surface area contributed by atoms with Gasteiger partial charge >= 0.3 is 5.97 Å². The van der Waals surface area contributed by atoms with Crippen molar-refractivity contribution in [3.05, 3.63) is 11.6 Å². The van der Waals surface area contributed by atoms with Gasteiger partial charge < -0.3 is 4.74 Å². The Morgan fingerprint density at radius 1 is 1.57 bits per heavy atom. The number of carbonyl (C=O) groups excluding carboxylic acids is 1. The Hall–Kier alpha value is -0.790. The zero-order valence-corrected chi connectivity index (χ0v) is 9.59. The molecule has 0 heterocycles. The first-order valence-corrected chi connectivity index (χ1v) is 5.31. The Bertz CT molecular complexity index is 253. The predicted octanol–water partition coefficient (Wildman–Crippen LogP) is 3.07. The van der Waals surface area contributed by atoms with Gasteiger partial charge in [-0.15, -0.1) is 0 Å². The zero-order chi connectivity index (χ0) is 10.8. The van der Waals surface area contributed by atoms with Crippen LogP contribution >= 0.6 is 0 Å². The fraction of sp³-hybridized carbons (Fsp3) is 0.750. The van der Waals surface area contributed by atoms with Crippen LogP contribution in [0.15, 0.2) is 11.6 Å². The van der Waals surface area contributed by atoms with E-state index in [9.17, 15) is 4.79 Å². The molecule has 0 spiro atoms. The fourth-order valence-corrected chi connectivity index (χ4v) is 1.92. The van der Waals surface area contributed by atoms with Gasteiger partial charge in [0.25, 0.3) is 0 Å². The maximum atomic E-state index is 10.9. The van der Waals surface area contributed by atoms with Crippen LogP contribution in [0.4, 0.5) is 0 Å². The van der Waals surface area contributed by atoms with Crippen molar-refractivity contribution in [1.82, 2.24) is 0 Å². The van der Waals surface area contributed by atoms with Gasteiger partial charge in [-0.2, -0.15) is 0 Å². The number of rotatable bonds is 2. The van der Waals surface area contributed by atoms with E-state index in [2.05, 4.69) is 19.9 Å². The van der Waals surface area contributed by atoms with Crippen LogP contribution in [-0.2, 0) is 9.53 Å². The van der Waals surface area contributed by atoms with Crippen LogP contribution in [0.1, 0.15) is 47.0 Å². The molecular formula is C12H20O2. The highest BCUT2D eigenvalue weighted by atomic mass is 16.6. The van der Waals surface area contributed by atoms with Gasteiger partial charge in [0.2, 0.25) is 0 Å². The number of allylic oxidation sites excluding steroid dienone is 1. The molecule has 0 aliphatic heterocycles. The average molecular weight is 196 g/mol. The summed E-state index contributed by atoms with van der Waals surface area (Å²) in [6.07, 6.45) is 5.11. The molecule has 0 radical (unpaired) electrons. The third kappa shape index (κ3) is 2.86. The van der Waals surface area contributed by atoms with E-state index in [0.29, 0.717) is 5.92 Å². The first-order valence-electron chi connectivity index (χ1n) is 5.31. The molecule has 1 unspecified atom stereocenters. The van der Waals surface area contributed by atoms with E-state index in [0.717, 1.165) is 19.3 Å². The van der Waals surface area contributed by atoms with Crippen molar-refractivity contribution < 1.29 is 9.53 Å². The monoisotopic (exact) mass is 196 g/mol. The smallest absolute Gasteiger partial charge is 0.303 e. The van der Waals surface area contributed by atoms with Crippen molar-refractivity contribution in [2.75, 3.05) is 0 Å². The largest absolute Gasteiger partial charge is 0.459 e. The molecule has 0 amide bonds. The van der Waals surface area contributed by atoms with E-state index >= 15 is 0 Å². The minimum absolute atomic E-state index is 0.172. The molecule has 0 N–H and O–H groups in total. The second-order valence-corrected chi connectivity index (χ2v) is 4.68. The van der Waals surface area contributed by atoms with Crippen molar-refractivity contribution in [3.63, 3.8) is 0 Å². The van der Waals surface area contributed by atoms with E-state index in [1.807, 2.05) is 6.92 Å². The molecule has 1 aliphatic rings. The minimum atomic E-state index is -0.260.